The molecule has 156 valence electrons. The summed E-state index contributed by atoms with van der Waals surface area (Å²) in [6.07, 6.45) is -1.84. The van der Waals surface area contributed by atoms with Crippen molar-refractivity contribution < 1.29 is 33.9 Å². The van der Waals surface area contributed by atoms with Crippen LogP contribution in [-0.2, 0) is 9.53 Å². The summed E-state index contributed by atoms with van der Waals surface area (Å²) in [5.41, 5.74) is -0.246. The largest absolute Gasteiger partial charge is 0.456 e. The molecule has 0 spiro atoms. The summed E-state index contributed by atoms with van der Waals surface area (Å²) in [7, 11) is 0. The Hall–Kier alpha value is -3.79. The first-order chi connectivity index (χ1) is 14.3. The first kappa shape index (κ1) is 20.9. The molecule has 0 saturated carbocycles. The molecule has 1 aliphatic rings. The third kappa shape index (κ3) is 4.97. The number of Topliss-reactive ketones (excluding diaryl/α,β-unsaturated/α-hetero) is 1. The van der Waals surface area contributed by atoms with Gasteiger partial charge in [-0.1, -0.05) is 30.3 Å². The zero-order chi connectivity index (χ0) is 21.7. The van der Waals surface area contributed by atoms with Crippen LogP contribution in [0.3, 0.4) is 0 Å². The van der Waals surface area contributed by atoms with Crippen LogP contribution in [-0.4, -0.2) is 58.1 Å². The van der Waals surface area contributed by atoms with Gasteiger partial charge < -0.3 is 14.6 Å². The number of ketones is 1. The van der Waals surface area contributed by atoms with E-state index in [-0.39, 0.29) is 30.0 Å². The van der Waals surface area contributed by atoms with Crippen molar-refractivity contribution in [1.82, 2.24) is 4.90 Å². The summed E-state index contributed by atoms with van der Waals surface area (Å²) >= 11 is 0. The van der Waals surface area contributed by atoms with Crippen LogP contribution in [0.4, 0.5) is 10.5 Å². The van der Waals surface area contributed by atoms with E-state index in [4.69, 9.17) is 9.47 Å². The molecule has 3 rings (SSSR count). The number of β-amino-alcohol motifs (C(OH)–C–C–N with tert-alkyl or cyclic N) is 1. The summed E-state index contributed by atoms with van der Waals surface area (Å²) in [6.45, 7) is -0.779. The smallest absolute Gasteiger partial charge is 0.416 e. The van der Waals surface area contributed by atoms with E-state index >= 15 is 0 Å². The van der Waals surface area contributed by atoms with Crippen molar-refractivity contribution in [3.8, 4) is 5.75 Å². The highest BCUT2D eigenvalue weighted by atomic mass is 16.6. The molecular weight excluding hydrogens is 396 g/mol. The van der Waals surface area contributed by atoms with Crippen molar-refractivity contribution in [2.24, 2.45) is 0 Å². The predicted molar refractivity (Wildman–Crippen MR) is 102 cm³/mol. The van der Waals surface area contributed by atoms with Gasteiger partial charge >= 0.3 is 12.1 Å². The van der Waals surface area contributed by atoms with Crippen molar-refractivity contribution in [3.63, 3.8) is 0 Å². The van der Waals surface area contributed by atoms with Gasteiger partial charge in [-0.05, 0) is 12.1 Å². The van der Waals surface area contributed by atoms with E-state index in [0.29, 0.717) is 0 Å². The normalized spacial score (nSPS) is 18.0. The number of ether oxygens (including phenoxy) is 2. The molecule has 2 atom stereocenters. The first-order valence-corrected chi connectivity index (χ1v) is 9.01. The van der Waals surface area contributed by atoms with Gasteiger partial charge in [0, 0.05) is 24.1 Å². The SMILES string of the molecule is O=C(COC(=O)[C@@H]1C[C@@H](O)CN1C(=O)Oc1ccccc1)c1cccc([N+](=O)[O-])c1. The number of amides is 1. The molecular formula is C20H18N2O8. The van der Waals surface area contributed by atoms with Gasteiger partial charge in [-0.25, -0.2) is 9.59 Å². The third-order valence-corrected chi connectivity index (χ3v) is 4.46. The summed E-state index contributed by atoms with van der Waals surface area (Å²) < 4.78 is 10.2. The van der Waals surface area contributed by atoms with Gasteiger partial charge in [0.05, 0.1) is 17.6 Å². The minimum atomic E-state index is -1.12. The molecule has 0 aromatic heterocycles. The van der Waals surface area contributed by atoms with E-state index in [0.717, 1.165) is 11.0 Å². The van der Waals surface area contributed by atoms with E-state index in [9.17, 15) is 29.6 Å². The van der Waals surface area contributed by atoms with E-state index in [1.54, 1.807) is 30.3 Å². The summed E-state index contributed by atoms with van der Waals surface area (Å²) in [6, 6.07) is 12.1. The Kier molecular flexibility index (Phi) is 6.38. The minimum absolute atomic E-state index is 0.0174. The lowest BCUT2D eigenvalue weighted by Crippen LogP contribution is -2.43. The fourth-order valence-corrected chi connectivity index (χ4v) is 3.00. The quantitative estimate of drug-likeness (QED) is 0.328. The lowest BCUT2D eigenvalue weighted by Gasteiger charge is -2.22. The number of non-ortho nitro benzene ring substituents is 1. The molecule has 1 saturated heterocycles. The summed E-state index contributed by atoms with van der Waals surface area (Å²) in [5, 5.41) is 20.7. The van der Waals surface area contributed by atoms with Crippen LogP contribution in [0.2, 0.25) is 0 Å². The van der Waals surface area contributed by atoms with Gasteiger partial charge in [-0.15, -0.1) is 0 Å². The highest BCUT2D eigenvalue weighted by Gasteiger charge is 2.41. The maximum Gasteiger partial charge on any atom is 0.416 e. The Morgan fingerprint density at radius 2 is 1.87 bits per heavy atom. The molecule has 0 unspecified atom stereocenters. The van der Waals surface area contributed by atoms with Crippen LogP contribution in [0.1, 0.15) is 16.8 Å². The van der Waals surface area contributed by atoms with Crippen LogP contribution in [0.25, 0.3) is 0 Å². The summed E-state index contributed by atoms with van der Waals surface area (Å²) in [4.78, 5) is 48.2. The Balaban J connectivity index is 1.61. The Labute approximate surface area is 170 Å². The van der Waals surface area contributed by atoms with Crippen LogP contribution in [0.15, 0.2) is 54.6 Å². The second kappa shape index (κ2) is 9.14. The van der Waals surface area contributed by atoms with E-state index in [1.165, 1.54) is 18.2 Å². The number of aliphatic hydroxyl groups is 1. The fraction of sp³-hybridized carbons (Fsp3) is 0.250. The molecule has 10 heteroatoms. The highest BCUT2D eigenvalue weighted by molar-refractivity contribution is 5.98. The second-order valence-electron chi connectivity index (χ2n) is 6.58. The predicted octanol–water partition coefficient (Wildman–Crippen LogP) is 1.95. The fourth-order valence-electron chi connectivity index (χ4n) is 3.00. The lowest BCUT2D eigenvalue weighted by molar-refractivity contribution is -0.384. The number of nitro groups is 1. The standard InChI is InChI=1S/C20H18N2O8/c23-15-10-17(21(11-15)20(26)30-16-7-2-1-3-8-16)19(25)29-12-18(24)13-5-4-6-14(9-13)22(27)28/h1-9,15,17,23H,10-12H2/t15-,17+/m1/s1. The van der Waals surface area contributed by atoms with Gasteiger partial charge in [0.25, 0.3) is 5.69 Å². The van der Waals surface area contributed by atoms with Gasteiger partial charge in [0.1, 0.15) is 11.8 Å². The molecule has 1 N–H and O–H groups in total. The molecule has 10 nitrogen and oxygen atoms in total. The zero-order valence-electron chi connectivity index (χ0n) is 15.7. The molecule has 30 heavy (non-hydrogen) atoms. The van der Waals surface area contributed by atoms with Gasteiger partial charge in [0.15, 0.2) is 6.61 Å². The van der Waals surface area contributed by atoms with Crippen molar-refractivity contribution in [1.29, 1.82) is 0 Å². The molecule has 2 aromatic rings. The average molecular weight is 414 g/mol. The van der Waals surface area contributed by atoms with Crippen LogP contribution in [0, 0.1) is 10.1 Å². The van der Waals surface area contributed by atoms with E-state index < -0.39 is 41.5 Å². The maximum absolute atomic E-state index is 12.4. The van der Waals surface area contributed by atoms with Gasteiger partial charge in [0.2, 0.25) is 5.78 Å². The van der Waals surface area contributed by atoms with Gasteiger partial charge in [-0.2, -0.15) is 0 Å². The van der Waals surface area contributed by atoms with Crippen molar-refractivity contribution >= 4 is 23.5 Å². The van der Waals surface area contributed by atoms with Crippen LogP contribution >= 0.6 is 0 Å². The number of hydrogen-bond acceptors (Lipinski definition) is 8. The second-order valence-corrected chi connectivity index (χ2v) is 6.58. The number of carbonyl (C=O) groups is 3. The number of likely N-dealkylation sites (tertiary alicyclic amines) is 1. The van der Waals surface area contributed by atoms with Crippen LogP contribution in [0.5, 0.6) is 5.75 Å². The molecule has 1 aliphatic heterocycles. The molecule has 1 amide bonds. The topological polar surface area (TPSA) is 136 Å². The molecule has 0 aliphatic carbocycles. The highest BCUT2D eigenvalue weighted by Crippen LogP contribution is 2.22. The number of benzene rings is 2. The van der Waals surface area contributed by atoms with Gasteiger partial charge in [-0.3, -0.25) is 19.8 Å². The Morgan fingerprint density at radius 1 is 1.13 bits per heavy atom. The molecule has 0 radical (unpaired) electrons. The number of para-hydroxylation sites is 1. The first-order valence-electron chi connectivity index (χ1n) is 9.01. The van der Waals surface area contributed by atoms with Crippen LogP contribution < -0.4 is 4.74 Å². The molecule has 2 aromatic carbocycles. The molecule has 0 bridgehead atoms. The Bertz CT molecular complexity index is 962. The van der Waals surface area contributed by atoms with Crippen molar-refractivity contribution in [3.05, 3.63) is 70.3 Å². The monoisotopic (exact) mass is 414 g/mol. The van der Waals surface area contributed by atoms with E-state index in [2.05, 4.69) is 0 Å². The van der Waals surface area contributed by atoms with Crippen molar-refractivity contribution in [2.45, 2.75) is 18.6 Å². The number of carbonyl (C=O) groups excluding carboxylic acids is 3. The maximum atomic E-state index is 12.4. The summed E-state index contributed by atoms with van der Waals surface area (Å²) in [5.74, 6) is -1.24. The number of esters is 1. The lowest BCUT2D eigenvalue weighted by atomic mass is 10.1. The zero-order valence-corrected chi connectivity index (χ0v) is 15.7. The third-order valence-electron chi connectivity index (χ3n) is 4.46. The minimum Gasteiger partial charge on any atom is -0.456 e. The number of nitro benzene ring substituents is 1. The number of nitrogens with zero attached hydrogens (tertiary/aromatic N) is 2. The van der Waals surface area contributed by atoms with E-state index in [1.807, 2.05) is 0 Å². The molecule has 1 heterocycles. The average Bonchev–Trinajstić information content (AvgIpc) is 3.14. The van der Waals surface area contributed by atoms with Crippen molar-refractivity contribution in [2.75, 3.05) is 13.2 Å². The number of hydrogen-bond donors (Lipinski definition) is 1. The number of rotatable bonds is 6. The molecule has 1 fully saturated rings. The number of aliphatic hydroxyl groups excluding tert-OH is 1. The Morgan fingerprint density at radius 3 is 2.57 bits per heavy atom.